The van der Waals surface area contributed by atoms with E-state index in [9.17, 15) is 4.39 Å². The van der Waals surface area contributed by atoms with Gasteiger partial charge in [-0.15, -0.1) is 0 Å². The van der Waals surface area contributed by atoms with Gasteiger partial charge in [0.05, 0.1) is 12.8 Å². The van der Waals surface area contributed by atoms with Crippen molar-refractivity contribution in [3.05, 3.63) is 47.5 Å². The molecule has 5 heteroatoms. The summed E-state index contributed by atoms with van der Waals surface area (Å²) in [6, 6.07) is 4.81. The SMILES string of the molecule is CCNCc1cc(F)cc(OCCc2cnn(C)c2)c1. The fraction of sp³-hybridized carbons (Fsp3) is 0.400. The molecule has 1 heterocycles. The van der Waals surface area contributed by atoms with E-state index in [1.165, 1.54) is 12.1 Å². The molecule has 2 rings (SSSR count). The fourth-order valence-corrected chi connectivity index (χ4v) is 1.96. The van der Waals surface area contributed by atoms with Crippen LogP contribution in [0.3, 0.4) is 0 Å². The van der Waals surface area contributed by atoms with Crippen molar-refractivity contribution in [2.24, 2.45) is 7.05 Å². The van der Waals surface area contributed by atoms with E-state index in [1.54, 1.807) is 4.68 Å². The summed E-state index contributed by atoms with van der Waals surface area (Å²) in [5.74, 6) is 0.304. The Morgan fingerprint density at radius 1 is 1.30 bits per heavy atom. The van der Waals surface area contributed by atoms with Crippen molar-refractivity contribution in [2.75, 3.05) is 13.2 Å². The quantitative estimate of drug-likeness (QED) is 0.844. The van der Waals surface area contributed by atoms with Crippen LogP contribution in [-0.4, -0.2) is 22.9 Å². The first-order chi connectivity index (χ1) is 9.67. The Kier molecular flexibility index (Phi) is 5.12. The molecule has 0 saturated heterocycles. The van der Waals surface area contributed by atoms with Crippen molar-refractivity contribution < 1.29 is 9.13 Å². The topological polar surface area (TPSA) is 39.1 Å². The summed E-state index contributed by atoms with van der Waals surface area (Å²) in [6.45, 7) is 4.03. The van der Waals surface area contributed by atoms with E-state index >= 15 is 0 Å². The highest BCUT2D eigenvalue weighted by atomic mass is 19.1. The van der Waals surface area contributed by atoms with E-state index in [2.05, 4.69) is 10.4 Å². The number of nitrogens with one attached hydrogen (secondary N) is 1. The number of aryl methyl sites for hydroxylation is 1. The van der Waals surface area contributed by atoms with Gasteiger partial charge in [-0.05, 0) is 29.8 Å². The number of ether oxygens (including phenoxy) is 1. The molecule has 20 heavy (non-hydrogen) atoms. The molecule has 1 aromatic carbocycles. The van der Waals surface area contributed by atoms with E-state index in [0.29, 0.717) is 18.9 Å². The molecule has 1 aromatic heterocycles. The van der Waals surface area contributed by atoms with Gasteiger partial charge in [-0.3, -0.25) is 4.68 Å². The molecule has 0 aliphatic heterocycles. The van der Waals surface area contributed by atoms with Crippen LogP contribution in [0.5, 0.6) is 5.75 Å². The third-order valence-corrected chi connectivity index (χ3v) is 2.93. The lowest BCUT2D eigenvalue weighted by molar-refractivity contribution is 0.319. The highest BCUT2D eigenvalue weighted by molar-refractivity contribution is 5.29. The summed E-state index contributed by atoms with van der Waals surface area (Å²) in [5, 5.41) is 7.27. The Morgan fingerprint density at radius 2 is 2.15 bits per heavy atom. The number of hydrogen-bond acceptors (Lipinski definition) is 3. The number of aromatic nitrogens is 2. The van der Waals surface area contributed by atoms with Gasteiger partial charge in [-0.25, -0.2) is 4.39 Å². The van der Waals surface area contributed by atoms with Crippen LogP contribution < -0.4 is 10.1 Å². The Balaban J connectivity index is 1.89. The van der Waals surface area contributed by atoms with Crippen LogP contribution in [0, 0.1) is 5.82 Å². The molecule has 0 unspecified atom stereocenters. The maximum Gasteiger partial charge on any atom is 0.127 e. The van der Waals surface area contributed by atoms with E-state index in [1.807, 2.05) is 32.4 Å². The molecule has 0 aliphatic carbocycles. The summed E-state index contributed by atoms with van der Waals surface area (Å²) in [4.78, 5) is 0. The fourth-order valence-electron chi connectivity index (χ4n) is 1.96. The smallest absolute Gasteiger partial charge is 0.127 e. The lowest BCUT2D eigenvalue weighted by Crippen LogP contribution is -2.12. The van der Waals surface area contributed by atoms with Gasteiger partial charge in [0, 0.05) is 32.3 Å². The first kappa shape index (κ1) is 14.5. The van der Waals surface area contributed by atoms with Gasteiger partial charge in [0.15, 0.2) is 0 Å². The van der Waals surface area contributed by atoms with Crippen LogP contribution >= 0.6 is 0 Å². The van der Waals surface area contributed by atoms with Crippen molar-refractivity contribution >= 4 is 0 Å². The van der Waals surface area contributed by atoms with Gasteiger partial charge in [0.1, 0.15) is 11.6 Å². The summed E-state index contributed by atoms with van der Waals surface area (Å²) in [7, 11) is 1.88. The minimum Gasteiger partial charge on any atom is -0.493 e. The third-order valence-electron chi connectivity index (χ3n) is 2.93. The van der Waals surface area contributed by atoms with Gasteiger partial charge in [0.25, 0.3) is 0 Å². The molecule has 0 radical (unpaired) electrons. The predicted octanol–water partition coefficient (Wildman–Crippen LogP) is 2.29. The average molecular weight is 277 g/mol. The number of rotatable bonds is 7. The third kappa shape index (κ3) is 4.35. The standard InChI is InChI=1S/C15H20FN3O/c1-3-17-9-13-6-14(16)8-15(7-13)20-5-4-12-10-18-19(2)11-12/h6-8,10-11,17H,3-5,9H2,1-2H3. The van der Waals surface area contributed by atoms with Crippen LogP contribution in [0.4, 0.5) is 4.39 Å². The van der Waals surface area contributed by atoms with Gasteiger partial charge in [-0.2, -0.15) is 5.10 Å². The molecule has 1 N–H and O–H groups in total. The lowest BCUT2D eigenvalue weighted by Gasteiger charge is -2.08. The van der Waals surface area contributed by atoms with Crippen molar-refractivity contribution in [1.82, 2.24) is 15.1 Å². The van der Waals surface area contributed by atoms with E-state index in [-0.39, 0.29) is 5.82 Å². The second kappa shape index (κ2) is 7.05. The molecule has 0 atom stereocenters. The van der Waals surface area contributed by atoms with Crippen molar-refractivity contribution in [2.45, 2.75) is 19.9 Å². The van der Waals surface area contributed by atoms with E-state index in [4.69, 9.17) is 4.74 Å². The zero-order chi connectivity index (χ0) is 14.4. The molecular formula is C15H20FN3O. The zero-order valence-electron chi connectivity index (χ0n) is 11.9. The average Bonchev–Trinajstić information content (AvgIpc) is 2.81. The highest BCUT2D eigenvalue weighted by Gasteiger charge is 2.03. The molecule has 0 saturated carbocycles. The van der Waals surface area contributed by atoms with Crippen molar-refractivity contribution in [1.29, 1.82) is 0 Å². The zero-order valence-corrected chi connectivity index (χ0v) is 11.9. The van der Waals surface area contributed by atoms with Gasteiger partial charge < -0.3 is 10.1 Å². The Labute approximate surface area is 118 Å². The van der Waals surface area contributed by atoms with Crippen LogP contribution in [0.15, 0.2) is 30.6 Å². The molecule has 4 nitrogen and oxygen atoms in total. The molecular weight excluding hydrogens is 257 g/mol. The van der Waals surface area contributed by atoms with Crippen LogP contribution in [0.25, 0.3) is 0 Å². The maximum atomic E-state index is 13.5. The first-order valence-electron chi connectivity index (χ1n) is 6.78. The Hall–Kier alpha value is -1.88. The van der Waals surface area contributed by atoms with Crippen molar-refractivity contribution in [3.8, 4) is 5.75 Å². The Bertz CT molecular complexity index is 554. The molecule has 108 valence electrons. The molecule has 0 amide bonds. The summed E-state index contributed by atoms with van der Waals surface area (Å²) < 4.78 is 20.9. The second-order valence-electron chi connectivity index (χ2n) is 4.70. The normalized spacial score (nSPS) is 10.8. The summed E-state index contributed by atoms with van der Waals surface area (Å²) in [5.41, 5.74) is 2.00. The van der Waals surface area contributed by atoms with E-state index in [0.717, 1.165) is 24.1 Å². The molecule has 0 spiro atoms. The van der Waals surface area contributed by atoms with E-state index < -0.39 is 0 Å². The van der Waals surface area contributed by atoms with Crippen LogP contribution in [-0.2, 0) is 20.0 Å². The molecule has 2 aromatic rings. The van der Waals surface area contributed by atoms with Crippen molar-refractivity contribution in [3.63, 3.8) is 0 Å². The lowest BCUT2D eigenvalue weighted by atomic mass is 10.2. The molecule has 0 aliphatic rings. The largest absolute Gasteiger partial charge is 0.493 e. The van der Waals surface area contributed by atoms with Gasteiger partial charge in [0.2, 0.25) is 0 Å². The number of hydrogen-bond donors (Lipinski definition) is 1. The maximum absolute atomic E-state index is 13.5. The summed E-state index contributed by atoms with van der Waals surface area (Å²) in [6.07, 6.45) is 4.52. The van der Waals surface area contributed by atoms with Gasteiger partial charge in [-0.1, -0.05) is 6.92 Å². The second-order valence-corrected chi connectivity index (χ2v) is 4.70. The minimum atomic E-state index is -0.267. The number of halogens is 1. The predicted molar refractivity (Wildman–Crippen MR) is 76.2 cm³/mol. The molecule has 0 bridgehead atoms. The van der Waals surface area contributed by atoms with Crippen LogP contribution in [0.2, 0.25) is 0 Å². The number of nitrogens with zero attached hydrogens (tertiary/aromatic N) is 2. The molecule has 0 fully saturated rings. The first-order valence-corrected chi connectivity index (χ1v) is 6.78. The number of benzene rings is 1. The van der Waals surface area contributed by atoms with Crippen LogP contribution in [0.1, 0.15) is 18.1 Å². The highest BCUT2D eigenvalue weighted by Crippen LogP contribution is 2.17. The Morgan fingerprint density at radius 3 is 2.85 bits per heavy atom. The monoisotopic (exact) mass is 277 g/mol. The summed E-state index contributed by atoms with van der Waals surface area (Å²) >= 11 is 0. The van der Waals surface area contributed by atoms with Gasteiger partial charge >= 0.3 is 0 Å². The minimum absolute atomic E-state index is 0.267.